The Labute approximate surface area is 130 Å². The van der Waals surface area contributed by atoms with Crippen molar-refractivity contribution in [3.63, 3.8) is 0 Å². The van der Waals surface area contributed by atoms with Gasteiger partial charge >= 0.3 is 0 Å². The van der Waals surface area contributed by atoms with E-state index in [2.05, 4.69) is 36.5 Å². The summed E-state index contributed by atoms with van der Waals surface area (Å²) in [6, 6.07) is 14.4. The number of hydrogen-bond donors (Lipinski definition) is 1. The van der Waals surface area contributed by atoms with Crippen LogP contribution in [0.15, 0.2) is 47.4 Å². The Kier molecular flexibility index (Phi) is 4.30. The molecule has 3 rings (SSSR count). The van der Waals surface area contributed by atoms with Crippen molar-refractivity contribution in [3.05, 3.63) is 59.2 Å². The maximum absolute atomic E-state index is 12.1. The van der Waals surface area contributed by atoms with E-state index in [4.69, 9.17) is 0 Å². The summed E-state index contributed by atoms with van der Waals surface area (Å²) in [4.78, 5) is 13.2. The Hall–Kier alpha value is -1.74. The molecule has 1 aliphatic carbocycles. The molecule has 0 atom stereocenters. The van der Waals surface area contributed by atoms with Crippen molar-refractivity contribution in [1.29, 1.82) is 0 Å². The van der Waals surface area contributed by atoms with Crippen LogP contribution in [0.2, 0.25) is 0 Å². The zero-order chi connectivity index (χ0) is 14.7. The SMILES string of the molecule is Cc1ccccc1SCC(=O)Nc1ccc2c(c1)CCC2. The highest BCUT2D eigenvalue weighted by molar-refractivity contribution is 8.00. The molecule has 0 fully saturated rings. The van der Waals surface area contributed by atoms with Crippen LogP contribution in [0.4, 0.5) is 5.69 Å². The minimum absolute atomic E-state index is 0.0567. The Morgan fingerprint density at radius 3 is 2.81 bits per heavy atom. The fourth-order valence-electron chi connectivity index (χ4n) is 2.71. The van der Waals surface area contributed by atoms with Crippen molar-refractivity contribution in [1.82, 2.24) is 0 Å². The van der Waals surface area contributed by atoms with Crippen LogP contribution in [0.25, 0.3) is 0 Å². The van der Waals surface area contributed by atoms with Gasteiger partial charge in [-0.1, -0.05) is 24.3 Å². The van der Waals surface area contributed by atoms with Crippen LogP contribution in [0.1, 0.15) is 23.1 Å². The Bertz CT molecular complexity index is 666. The molecule has 0 unspecified atom stereocenters. The average Bonchev–Trinajstić information content (AvgIpc) is 2.94. The van der Waals surface area contributed by atoms with Gasteiger partial charge in [0.25, 0.3) is 0 Å². The third-order valence-corrected chi connectivity index (χ3v) is 5.01. The first-order valence-corrected chi connectivity index (χ1v) is 8.31. The summed E-state index contributed by atoms with van der Waals surface area (Å²) in [5, 5.41) is 3.00. The van der Waals surface area contributed by atoms with E-state index in [9.17, 15) is 4.79 Å². The lowest BCUT2D eigenvalue weighted by atomic mass is 10.1. The second-order valence-corrected chi connectivity index (χ2v) is 6.46. The number of amides is 1. The molecular weight excluding hydrogens is 278 g/mol. The van der Waals surface area contributed by atoms with Crippen LogP contribution in [-0.2, 0) is 17.6 Å². The van der Waals surface area contributed by atoms with Crippen molar-refractivity contribution in [3.8, 4) is 0 Å². The standard InChI is InChI=1S/C18H19NOS/c1-13-5-2-3-8-17(13)21-12-18(20)19-16-10-9-14-6-4-7-15(14)11-16/h2-3,5,8-11H,4,6-7,12H2,1H3,(H,19,20). The van der Waals surface area contributed by atoms with E-state index >= 15 is 0 Å². The highest BCUT2D eigenvalue weighted by atomic mass is 32.2. The minimum Gasteiger partial charge on any atom is -0.325 e. The second kappa shape index (κ2) is 6.35. The zero-order valence-corrected chi connectivity index (χ0v) is 13.0. The molecule has 0 bridgehead atoms. The van der Waals surface area contributed by atoms with Gasteiger partial charge in [-0.05, 0) is 61.1 Å². The molecule has 21 heavy (non-hydrogen) atoms. The van der Waals surface area contributed by atoms with Gasteiger partial charge in [-0.15, -0.1) is 11.8 Å². The largest absolute Gasteiger partial charge is 0.325 e. The number of benzene rings is 2. The zero-order valence-electron chi connectivity index (χ0n) is 12.2. The van der Waals surface area contributed by atoms with E-state index in [0.29, 0.717) is 5.75 Å². The van der Waals surface area contributed by atoms with Gasteiger partial charge in [0.2, 0.25) is 5.91 Å². The number of rotatable bonds is 4. The average molecular weight is 297 g/mol. The number of anilines is 1. The van der Waals surface area contributed by atoms with Gasteiger partial charge < -0.3 is 5.32 Å². The molecular formula is C18H19NOS. The number of aryl methyl sites for hydroxylation is 3. The van der Waals surface area contributed by atoms with Gasteiger partial charge in [-0.2, -0.15) is 0 Å². The minimum atomic E-state index is 0.0567. The van der Waals surface area contributed by atoms with Crippen molar-refractivity contribution in [2.75, 3.05) is 11.1 Å². The summed E-state index contributed by atoms with van der Waals surface area (Å²) < 4.78 is 0. The maximum Gasteiger partial charge on any atom is 0.234 e. The van der Waals surface area contributed by atoms with Gasteiger partial charge in [0.05, 0.1) is 5.75 Å². The van der Waals surface area contributed by atoms with Crippen molar-refractivity contribution >= 4 is 23.4 Å². The predicted octanol–water partition coefficient (Wildman–Crippen LogP) is 4.21. The van der Waals surface area contributed by atoms with E-state index in [1.165, 1.54) is 34.4 Å². The van der Waals surface area contributed by atoms with Crippen molar-refractivity contribution < 1.29 is 4.79 Å². The molecule has 1 aliphatic rings. The van der Waals surface area contributed by atoms with Crippen LogP contribution >= 0.6 is 11.8 Å². The molecule has 0 spiro atoms. The fraction of sp³-hybridized carbons (Fsp3) is 0.278. The van der Waals surface area contributed by atoms with E-state index in [0.717, 1.165) is 12.1 Å². The predicted molar refractivity (Wildman–Crippen MR) is 89.0 cm³/mol. The van der Waals surface area contributed by atoms with E-state index < -0.39 is 0 Å². The van der Waals surface area contributed by atoms with Crippen molar-refractivity contribution in [2.24, 2.45) is 0 Å². The lowest BCUT2D eigenvalue weighted by molar-refractivity contribution is -0.113. The Morgan fingerprint density at radius 1 is 1.14 bits per heavy atom. The normalized spacial score (nSPS) is 13.0. The summed E-state index contributed by atoms with van der Waals surface area (Å²) >= 11 is 1.59. The molecule has 0 aromatic heterocycles. The summed E-state index contributed by atoms with van der Waals surface area (Å²) in [5.41, 5.74) is 4.96. The second-order valence-electron chi connectivity index (χ2n) is 5.44. The molecule has 0 saturated heterocycles. The fourth-order valence-corrected chi connectivity index (χ4v) is 3.54. The number of carbonyl (C=O) groups is 1. The smallest absolute Gasteiger partial charge is 0.234 e. The molecule has 0 saturated carbocycles. The molecule has 0 heterocycles. The summed E-state index contributed by atoms with van der Waals surface area (Å²) in [6.45, 7) is 2.07. The topological polar surface area (TPSA) is 29.1 Å². The molecule has 2 aromatic rings. The first-order chi connectivity index (χ1) is 10.2. The van der Waals surface area contributed by atoms with Gasteiger partial charge in [0, 0.05) is 10.6 Å². The highest BCUT2D eigenvalue weighted by Crippen LogP contribution is 2.25. The number of hydrogen-bond acceptors (Lipinski definition) is 2. The van der Waals surface area contributed by atoms with Gasteiger partial charge in [-0.25, -0.2) is 0 Å². The third-order valence-electron chi connectivity index (χ3n) is 3.83. The summed E-state index contributed by atoms with van der Waals surface area (Å²) in [7, 11) is 0. The number of nitrogens with one attached hydrogen (secondary N) is 1. The van der Waals surface area contributed by atoms with Crippen molar-refractivity contribution in [2.45, 2.75) is 31.1 Å². The van der Waals surface area contributed by atoms with Crippen LogP contribution in [0.5, 0.6) is 0 Å². The van der Waals surface area contributed by atoms with Gasteiger partial charge in [0.15, 0.2) is 0 Å². The van der Waals surface area contributed by atoms with Crippen LogP contribution in [0, 0.1) is 6.92 Å². The Morgan fingerprint density at radius 2 is 1.95 bits per heavy atom. The lowest BCUT2D eigenvalue weighted by Gasteiger charge is -2.08. The number of thioether (sulfide) groups is 1. The molecule has 0 aliphatic heterocycles. The molecule has 1 N–H and O–H groups in total. The molecule has 0 radical (unpaired) electrons. The molecule has 2 nitrogen and oxygen atoms in total. The Balaban J connectivity index is 1.58. The number of carbonyl (C=O) groups excluding carboxylic acids is 1. The van der Waals surface area contributed by atoms with Crippen LogP contribution < -0.4 is 5.32 Å². The lowest BCUT2D eigenvalue weighted by Crippen LogP contribution is -2.14. The van der Waals surface area contributed by atoms with Gasteiger partial charge in [-0.3, -0.25) is 4.79 Å². The first kappa shape index (κ1) is 14.2. The van der Waals surface area contributed by atoms with Gasteiger partial charge in [0.1, 0.15) is 0 Å². The van der Waals surface area contributed by atoms with Crippen LogP contribution in [-0.4, -0.2) is 11.7 Å². The van der Waals surface area contributed by atoms with E-state index in [-0.39, 0.29) is 5.91 Å². The molecule has 108 valence electrons. The highest BCUT2D eigenvalue weighted by Gasteiger charge is 2.12. The summed E-state index contributed by atoms with van der Waals surface area (Å²) in [5.74, 6) is 0.503. The molecule has 2 aromatic carbocycles. The van der Waals surface area contributed by atoms with E-state index in [1.54, 1.807) is 11.8 Å². The molecule has 3 heteroatoms. The quantitative estimate of drug-likeness (QED) is 0.856. The third kappa shape index (κ3) is 3.48. The summed E-state index contributed by atoms with van der Waals surface area (Å²) in [6.07, 6.45) is 3.54. The molecule has 1 amide bonds. The van der Waals surface area contributed by atoms with E-state index in [1.807, 2.05) is 18.2 Å². The monoisotopic (exact) mass is 297 g/mol. The maximum atomic E-state index is 12.1. The number of fused-ring (bicyclic) bond motifs is 1. The van der Waals surface area contributed by atoms with Crippen LogP contribution in [0.3, 0.4) is 0 Å². The first-order valence-electron chi connectivity index (χ1n) is 7.32.